The van der Waals surface area contributed by atoms with E-state index in [1.54, 1.807) is 0 Å². The Kier molecular flexibility index (Phi) is 15.4. The number of hydrogen-bond donors (Lipinski definition) is 7. The summed E-state index contributed by atoms with van der Waals surface area (Å²) in [5.74, 6) is 3.01. The van der Waals surface area contributed by atoms with E-state index in [2.05, 4.69) is 101 Å². The molecular formula is C18H26S7. The highest BCUT2D eigenvalue weighted by molar-refractivity contribution is 7.82. The van der Waals surface area contributed by atoms with E-state index in [9.17, 15) is 0 Å². The van der Waals surface area contributed by atoms with Gasteiger partial charge in [0.15, 0.2) is 0 Å². The second-order valence-corrected chi connectivity index (χ2v) is 7.54. The molecule has 0 unspecified atom stereocenters. The zero-order chi connectivity index (χ0) is 19.4. The minimum atomic E-state index is 0.753. The molecule has 0 saturated heterocycles. The second kappa shape index (κ2) is 14.9. The Morgan fingerprint density at radius 3 is 0.840 bits per heavy atom. The van der Waals surface area contributed by atoms with Crippen LogP contribution in [-0.2, 0) is 23.0 Å². The van der Waals surface area contributed by atoms with Crippen molar-refractivity contribution in [2.24, 2.45) is 0 Å². The number of rotatable bonds is 4. The fourth-order valence-electron chi connectivity index (χ4n) is 1.96. The van der Waals surface area contributed by atoms with Crippen molar-refractivity contribution in [1.82, 2.24) is 0 Å². The average Bonchev–Trinajstić information content (AvgIpc) is 2.61. The molecule has 0 aliphatic heterocycles. The summed E-state index contributed by atoms with van der Waals surface area (Å²) in [6.07, 6.45) is 0. The van der Waals surface area contributed by atoms with Crippen molar-refractivity contribution in [2.75, 3.05) is 0 Å². The zero-order valence-corrected chi connectivity index (χ0v) is 20.6. The van der Waals surface area contributed by atoms with E-state index in [0.29, 0.717) is 0 Å². The van der Waals surface area contributed by atoms with Crippen LogP contribution >= 0.6 is 88.4 Å². The average molecular weight is 467 g/mol. The first-order chi connectivity index (χ1) is 11.9. The van der Waals surface area contributed by atoms with Crippen molar-refractivity contribution >= 4 is 88.4 Å². The first-order valence-corrected chi connectivity index (χ1v) is 11.6. The van der Waals surface area contributed by atoms with Gasteiger partial charge in [0.25, 0.3) is 0 Å². The SMILES string of the molecule is CC.SCc1cc(CS)c(CS)cc1CS.Sc1cc(S)cc(S)c1. The maximum atomic E-state index is 4.31. The van der Waals surface area contributed by atoms with E-state index in [1.165, 1.54) is 22.3 Å². The maximum Gasteiger partial charge on any atom is 0.0157 e. The molecule has 2 aromatic carbocycles. The molecular weight excluding hydrogens is 441 g/mol. The lowest BCUT2D eigenvalue weighted by atomic mass is 10.0. The molecule has 0 aromatic heterocycles. The fraction of sp³-hybridized carbons (Fsp3) is 0.333. The molecule has 0 spiro atoms. The normalized spacial score (nSPS) is 9.64. The minimum absolute atomic E-state index is 0.753. The van der Waals surface area contributed by atoms with Crippen molar-refractivity contribution in [3.8, 4) is 0 Å². The Bertz CT molecular complexity index is 533. The third-order valence-electron chi connectivity index (χ3n) is 3.09. The summed E-state index contributed by atoms with van der Waals surface area (Å²) >= 11 is 29.6. The van der Waals surface area contributed by atoms with Gasteiger partial charge in [0.05, 0.1) is 0 Å². The molecule has 0 aliphatic rings. The van der Waals surface area contributed by atoms with Crippen LogP contribution in [0.4, 0.5) is 0 Å². The molecule has 140 valence electrons. The van der Waals surface area contributed by atoms with Gasteiger partial charge in [-0.15, -0.1) is 37.9 Å². The van der Waals surface area contributed by atoms with Gasteiger partial charge in [-0.25, -0.2) is 0 Å². The number of thiol groups is 7. The van der Waals surface area contributed by atoms with Crippen LogP contribution in [0.15, 0.2) is 45.0 Å². The summed E-state index contributed by atoms with van der Waals surface area (Å²) in [6.45, 7) is 4.00. The van der Waals surface area contributed by atoms with Crippen LogP contribution in [-0.4, -0.2) is 0 Å². The van der Waals surface area contributed by atoms with Gasteiger partial charge in [0.1, 0.15) is 0 Å². The van der Waals surface area contributed by atoms with Crippen molar-refractivity contribution in [3.05, 3.63) is 52.6 Å². The van der Waals surface area contributed by atoms with Gasteiger partial charge in [-0.3, -0.25) is 0 Å². The van der Waals surface area contributed by atoms with E-state index in [-0.39, 0.29) is 0 Å². The molecule has 0 radical (unpaired) electrons. The molecule has 0 nitrogen and oxygen atoms in total. The van der Waals surface area contributed by atoms with E-state index in [4.69, 9.17) is 0 Å². The van der Waals surface area contributed by atoms with Crippen molar-refractivity contribution < 1.29 is 0 Å². The summed E-state index contributed by atoms with van der Waals surface area (Å²) in [6, 6.07) is 9.93. The first kappa shape index (κ1) is 25.9. The minimum Gasteiger partial charge on any atom is -0.175 e. The lowest BCUT2D eigenvalue weighted by molar-refractivity contribution is 1.20. The Morgan fingerprint density at radius 2 is 0.680 bits per heavy atom. The summed E-state index contributed by atoms with van der Waals surface area (Å²) < 4.78 is 0. The molecule has 0 N–H and O–H groups in total. The molecule has 0 heterocycles. The van der Waals surface area contributed by atoms with Crippen molar-refractivity contribution in [3.63, 3.8) is 0 Å². The topological polar surface area (TPSA) is 0 Å². The van der Waals surface area contributed by atoms with Gasteiger partial charge >= 0.3 is 0 Å². The number of hydrogen-bond acceptors (Lipinski definition) is 7. The standard InChI is InChI=1S/C10H14S4.C6H6S3.C2H6/c11-3-7-1-8(4-12)10(6-14)2-9(7)5-13;7-4-1-5(8)3-6(9)2-4;1-2/h1-2,11-14H,3-6H2;1-3,7-9H;1-2H3. The molecule has 2 aromatic rings. The lowest BCUT2D eigenvalue weighted by Gasteiger charge is -2.11. The Morgan fingerprint density at radius 1 is 0.480 bits per heavy atom. The Labute approximate surface area is 191 Å². The van der Waals surface area contributed by atoms with Crippen LogP contribution in [0.2, 0.25) is 0 Å². The zero-order valence-electron chi connectivity index (χ0n) is 14.3. The quantitative estimate of drug-likeness (QED) is 0.232. The largest absolute Gasteiger partial charge is 0.175 e. The van der Waals surface area contributed by atoms with Crippen LogP contribution in [0.5, 0.6) is 0 Å². The second-order valence-electron chi connectivity index (χ2n) is 4.73. The highest BCUT2D eigenvalue weighted by Crippen LogP contribution is 2.23. The highest BCUT2D eigenvalue weighted by Gasteiger charge is 2.06. The number of benzene rings is 2. The van der Waals surface area contributed by atoms with Gasteiger partial charge in [0, 0.05) is 37.7 Å². The van der Waals surface area contributed by atoms with Crippen LogP contribution in [0.25, 0.3) is 0 Å². The maximum absolute atomic E-state index is 4.31. The van der Waals surface area contributed by atoms with Crippen molar-refractivity contribution in [1.29, 1.82) is 0 Å². The lowest BCUT2D eigenvalue weighted by Crippen LogP contribution is -1.96. The molecule has 2 rings (SSSR count). The summed E-state index contributed by atoms with van der Waals surface area (Å²) in [4.78, 5) is 2.69. The molecule has 0 atom stereocenters. The van der Waals surface area contributed by atoms with Gasteiger partial charge < -0.3 is 0 Å². The van der Waals surface area contributed by atoms with Crippen LogP contribution in [0, 0.1) is 0 Å². The predicted molar refractivity (Wildman–Crippen MR) is 137 cm³/mol. The molecule has 0 saturated carbocycles. The fourth-order valence-corrected chi connectivity index (χ4v) is 4.28. The van der Waals surface area contributed by atoms with E-state index >= 15 is 0 Å². The predicted octanol–water partition coefficient (Wildman–Crippen LogP) is 6.98. The summed E-state index contributed by atoms with van der Waals surface area (Å²) in [5, 5.41) is 0. The molecule has 0 amide bonds. The third kappa shape index (κ3) is 9.58. The third-order valence-corrected chi connectivity index (χ3v) is 5.23. The highest BCUT2D eigenvalue weighted by atomic mass is 32.1. The van der Waals surface area contributed by atoms with Gasteiger partial charge in [-0.05, 0) is 40.5 Å². The molecule has 0 fully saturated rings. The van der Waals surface area contributed by atoms with Crippen molar-refractivity contribution in [2.45, 2.75) is 51.5 Å². The molecule has 0 aliphatic carbocycles. The molecule has 25 heavy (non-hydrogen) atoms. The smallest absolute Gasteiger partial charge is 0.0157 e. The van der Waals surface area contributed by atoms with Crippen LogP contribution in [0.1, 0.15) is 36.1 Å². The van der Waals surface area contributed by atoms with E-state index < -0.39 is 0 Å². The van der Waals surface area contributed by atoms with Crippen LogP contribution in [0.3, 0.4) is 0 Å². The Balaban J connectivity index is 0.000000451. The van der Waals surface area contributed by atoms with Gasteiger partial charge in [-0.2, -0.15) is 50.5 Å². The Hall–Kier alpha value is 0.890. The summed E-state index contributed by atoms with van der Waals surface area (Å²) in [5.41, 5.74) is 4.99. The first-order valence-electron chi connectivity index (χ1n) is 7.74. The van der Waals surface area contributed by atoms with E-state index in [1.807, 2.05) is 32.0 Å². The van der Waals surface area contributed by atoms with Gasteiger partial charge in [0.2, 0.25) is 0 Å². The monoisotopic (exact) mass is 466 g/mol. The molecule has 0 bridgehead atoms. The van der Waals surface area contributed by atoms with Crippen LogP contribution < -0.4 is 0 Å². The van der Waals surface area contributed by atoms with Gasteiger partial charge in [-0.1, -0.05) is 26.0 Å². The molecule has 7 heteroatoms. The van der Waals surface area contributed by atoms with E-state index in [0.717, 1.165) is 37.7 Å². The summed E-state index contributed by atoms with van der Waals surface area (Å²) in [7, 11) is 0.